The van der Waals surface area contributed by atoms with Crippen molar-refractivity contribution in [1.82, 2.24) is 10.3 Å². The SMILES string of the molecule is CN(C)c1ccc(C(=O)NC2CCCc3occc32)cn1. The number of amides is 1. The molecule has 2 heterocycles. The second-order valence-electron chi connectivity index (χ2n) is 5.52. The first kappa shape index (κ1) is 13.7. The zero-order valence-electron chi connectivity index (χ0n) is 12.3. The van der Waals surface area contributed by atoms with Gasteiger partial charge in [0.05, 0.1) is 17.9 Å². The van der Waals surface area contributed by atoms with E-state index in [0.29, 0.717) is 5.56 Å². The van der Waals surface area contributed by atoms with Crippen LogP contribution in [0.15, 0.2) is 35.1 Å². The zero-order chi connectivity index (χ0) is 14.8. The van der Waals surface area contributed by atoms with Crippen molar-refractivity contribution in [3.63, 3.8) is 0 Å². The Bertz CT molecular complexity index is 631. The normalized spacial score (nSPS) is 17.1. The van der Waals surface area contributed by atoms with Gasteiger partial charge in [-0.25, -0.2) is 4.98 Å². The molecule has 5 heteroatoms. The lowest BCUT2D eigenvalue weighted by atomic mass is 9.93. The second-order valence-corrected chi connectivity index (χ2v) is 5.52. The number of nitrogens with zero attached hydrogens (tertiary/aromatic N) is 2. The van der Waals surface area contributed by atoms with Crippen molar-refractivity contribution < 1.29 is 9.21 Å². The fourth-order valence-corrected chi connectivity index (χ4v) is 2.66. The van der Waals surface area contributed by atoms with Gasteiger partial charge in [0.25, 0.3) is 5.91 Å². The summed E-state index contributed by atoms with van der Waals surface area (Å²) in [6.45, 7) is 0. The molecular weight excluding hydrogens is 266 g/mol. The Hall–Kier alpha value is -2.30. The van der Waals surface area contributed by atoms with Gasteiger partial charge in [-0.2, -0.15) is 0 Å². The summed E-state index contributed by atoms with van der Waals surface area (Å²) in [7, 11) is 3.84. The number of nitrogens with one attached hydrogen (secondary N) is 1. The molecule has 110 valence electrons. The maximum atomic E-state index is 12.3. The van der Waals surface area contributed by atoms with Crippen LogP contribution in [0.5, 0.6) is 0 Å². The molecule has 1 aliphatic rings. The van der Waals surface area contributed by atoms with Gasteiger partial charge < -0.3 is 14.6 Å². The number of hydrogen-bond donors (Lipinski definition) is 1. The average molecular weight is 285 g/mol. The van der Waals surface area contributed by atoms with Gasteiger partial charge in [-0.15, -0.1) is 0 Å². The number of fused-ring (bicyclic) bond motifs is 1. The molecular formula is C16H19N3O2. The molecule has 0 bridgehead atoms. The van der Waals surface area contributed by atoms with Crippen LogP contribution in [0.25, 0.3) is 0 Å². The quantitative estimate of drug-likeness (QED) is 0.941. The first-order valence-electron chi connectivity index (χ1n) is 7.15. The fraction of sp³-hybridized carbons (Fsp3) is 0.375. The van der Waals surface area contributed by atoms with Gasteiger partial charge in [0.15, 0.2) is 0 Å². The van der Waals surface area contributed by atoms with Gasteiger partial charge in [0, 0.05) is 32.3 Å². The van der Waals surface area contributed by atoms with Crippen molar-refractivity contribution in [2.75, 3.05) is 19.0 Å². The summed E-state index contributed by atoms with van der Waals surface area (Å²) in [6.07, 6.45) is 6.24. The second kappa shape index (κ2) is 5.60. The molecule has 1 atom stereocenters. The van der Waals surface area contributed by atoms with Gasteiger partial charge in [-0.05, 0) is 31.0 Å². The number of rotatable bonds is 3. The van der Waals surface area contributed by atoms with Crippen LogP contribution in [0.2, 0.25) is 0 Å². The molecule has 0 aliphatic heterocycles. The topological polar surface area (TPSA) is 58.4 Å². The number of furan rings is 1. The summed E-state index contributed by atoms with van der Waals surface area (Å²) in [5.41, 5.74) is 1.68. The molecule has 0 spiro atoms. The largest absolute Gasteiger partial charge is 0.469 e. The van der Waals surface area contributed by atoms with Crippen LogP contribution in [0, 0.1) is 0 Å². The van der Waals surface area contributed by atoms with E-state index in [-0.39, 0.29) is 11.9 Å². The molecule has 1 unspecified atom stereocenters. The third-order valence-electron chi connectivity index (χ3n) is 3.83. The smallest absolute Gasteiger partial charge is 0.253 e. The standard InChI is InChI=1S/C16H19N3O2/c1-19(2)15-7-6-11(10-17-15)16(20)18-13-4-3-5-14-12(13)8-9-21-14/h6-10,13H,3-5H2,1-2H3,(H,18,20). The van der Waals surface area contributed by atoms with Gasteiger partial charge in [0.2, 0.25) is 0 Å². The molecule has 2 aromatic rings. The summed E-state index contributed by atoms with van der Waals surface area (Å²) in [5, 5.41) is 3.07. The van der Waals surface area contributed by atoms with Crippen LogP contribution in [0.1, 0.15) is 40.6 Å². The van der Waals surface area contributed by atoms with Crippen molar-refractivity contribution in [3.8, 4) is 0 Å². The minimum Gasteiger partial charge on any atom is -0.469 e. The lowest BCUT2D eigenvalue weighted by Crippen LogP contribution is -2.30. The van der Waals surface area contributed by atoms with E-state index in [1.807, 2.05) is 31.1 Å². The van der Waals surface area contributed by atoms with E-state index in [2.05, 4.69) is 10.3 Å². The Labute approximate surface area is 124 Å². The average Bonchev–Trinajstić information content (AvgIpc) is 2.97. The van der Waals surface area contributed by atoms with E-state index in [1.165, 1.54) is 0 Å². The van der Waals surface area contributed by atoms with Gasteiger partial charge in [-0.3, -0.25) is 4.79 Å². The number of aromatic nitrogens is 1. The highest BCUT2D eigenvalue weighted by molar-refractivity contribution is 5.94. The molecule has 3 rings (SSSR count). The Morgan fingerprint density at radius 1 is 1.38 bits per heavy atom. The number of hydrogen-bond acceptors (Lipinski definition) is 4. The van der Waals surface area contributed by atoms with Gasteiger partial charge >= 0.3 is 0 Å². The molecule has 1 aliphatic carbocycles. The fourth-order valence-electron chi connectivity index (χ4n) is 2.66. The third kappa shape index (κ3) is 2.77. The minimum atomic E-state index is -0.0909. The lowest BCUT2D eigenvalue weighted by molar-refractivity contribution is 0.0932. The van der Waals surface area contributed by atoms with Crippen LogP contribution >= 0.6 is 0 Å². The van der Waals surface area contributed by atoms with E-state index < -0.39 is 0 Å². The van der Waals surface area contributed by atoms with Crippen molar-refractivity contribution >= 4 is 11.7 Å². The highest BCUT2D eigenvalue weighted by atomic mass is 16.3. The Balaban J connectivity index is 1.73. The van der Waals surface area contributed by atoms with Crippen LogP contribution in [0.3, 0.4) is 0 Å². The lowest BCUT2D eigenvalue weighted by Gasteiger charge is -2.22. The molecule has 1 N–H and O–H groups in total. The number of carbonyl (C=O) groups excluding carboxylic acids is 1. The maximum absolute atomic E-state index is 12.3. The van der Waals surface area contributed by atoms with Crippen LogP contribution in [-0.4, -0.2) is 25.0 Å². The number of anilines is 1. The predicted molar refractivity (Wildman–Crippen MR) is 80.4 cm³/mol. The van der Waals surface area contributed by atoms with Crippen LogP contribution in [-0.2, 0) is 6.42 Å². The van der Waals surface area contributed by atoms with Crippen molar-refractivity contribution in [2.24, 2.45) is 0 Å². The van der Waals surface area contributed by atoms with E-state index in [4.69, 9.17) is 4.42 Å². The molecule has 5 nitrogen and oxygen atoms in total. The molecule has 0 fully saturated rings. The predicted octanol–water partition coefficient (Wildman–Crippen LogP) is 2.55. The van der Waals surface area contributed by atoms with Crippen LogP contribution < -0.4 is 10.2 Å². The first-order chi connectivity index (χ1) is 10.1. The molecule has 1 amide bonds. The monoisotopic (exact) mass is 285 g/mol. The molecule has 0 saturated carbocycles. The van der Waals surface area contributed by atoms with E-state index in [1.54, 1.807) is 18.5 Å². The molecule has 0 radical (unpaired) electrons. The molecule has 2 aromatic heterocycles. The maximum Gasteiger partial charge on any atom is 0.253 e. The Kier molecular flexibility index (Phi) is 3.64. The van der Waals surface area contributed by atoms with Crippen molar-refractivity contribution in [2.45, 2.75) is 25.3 Å². The summed E-state index contributed by atoms with van der Waals surface area (Å²) in [6, 6.07) is 5.64. The van der Waals surface area contributed by atoms with E-state index in [0.717, 1.165) is 36.4 Å². The zero-order valence-corrected chi connectivity index (χ0v) is 12.3. The van der Waals surface area contributed by atoms with Crippen molar-refractivity contribution in [1.29, 1.82) is 0 Å². The summed E-state index contributed by atoms with van der Waals surface area (Å²) in [4.78, 5) is 18.5. The summed E-state index contributed by atoms with van der Waals surface area (Å²) in [5.74, 6) is 1.74. The summed E-state index contributed by atoms with van der Waals surface area (Å²) < 4.78 is 5.45. The Morgan fingerprint density at radius 3 is 2.95 bits per heavy atom. The molecule has 21 heavy (non-hydrogen) atoms. The number of pyridine rings is 1. The first-order valence-corrected chi connectivity index (χ1v) is 7.15. The van der Waals surface area contributed by atoms with E-state index >= 15 is 0 Å². The van der Waals surface area contributed by atoms with Crippen LogP contribution in [0.4, 0.5) is 5.82 Å². The number of aryl methyl sites for hydroxylation is 1. The minimum absolute atomic E-state index is 0.0357. The summed E-state index contributed by atoms with van der Waals surface area (Å²) >= 11 is 0. The van der Waals surface area contributed by atoms with E-state index in [9.17, 15) is 4.79 Å². The Morgan fingerprint density at radius 2 is 2.24 bits per heavy atom. The molecule has 0 saturated heterocycles. The third-order valence-corrected chi connectivity index (χ3v) is 3.83. The van der Waals surface area contributed by atoms with Gasteiger partial charge in [-0.1, -0.05) is 0 Å². The highest BCUT2D eigenvalue weighted by Crippen LogP contribution is 2.30. The highest BCUT2D eigenvalue weighted by Gasteiger charge is 2.24. The van der Waals surface area contributed by atoms with Gasteiger partial charge in [0.1, 0.15) is 11.6 Å². The number of carbonyl (C=O) groups is 1. The molecule has 0 aromatic carbocycles. The van der Waals surface area contributed by atoms with Crippen molar-refractivity contribution in [3.05, 3.63) is 47.5 Å².